The first-order valence-electron chi connectivity index (χ1n) is 11.1. The van der Waals surface area contributed by atoms with Gasteiger partial charge in [-0.1, -0.05) is 50.7 Å². The average Bonchev–Trinajstić information content (AvgIpc) is 2.74. The average molecular weight is 386 g/mol. The Morgan fingerprint density at radius 3 is 1.89 bits per heavy atom. The van der Waals surface area contributed by atoms with Crippen LogP contribution in [0.5, 0.6) is 0 Å². The molecule has 1 aromatic carbocycles. The van der Waals surface area contributed by atoms with Crippen LogP contribution in [0.4, 0.5) is 8.78 Å². The lowest BCUT2D eigenvalue weighted by atomic mass is 9.74. The van der Waals surface area contributed by atoms with Gasteiger partial charge in [-0.2, -0.15) is 9.65 Å². The van der Waals surface area contributed by atoms with Crippen molar-refractivity contribution in [3.05, 3.63) is 47.5 Å². The van der Waals surface area contributed by atoms with E-state index in [0.717, 1.165) is 18.3 Å². The molecule has 0 N–H and O–H groups in total. The molecule has 0 saturated heterocycles. The number of nitrogens with zero attached hydrogens (tertiary/aromatic N) is 1. The molecule has 0 aromatic heterocycles. The van der Waals surface area contributed by atoms with E-state index in [1.54, 1.807) is 18.2 Å². The number of benzene rings is 1. The van der Waals surface area contributed by atoms with Gasteiger partial charge in [0, 0.05) is 0 Å². The maximum Gasteiger partial charge on any atom is 0.196 e. The van der Waals surface area contributed by atoms with Crippen LogP contribution in [0.3, 0.4) is 0 Å². The van der Waals surface area contributed by atoms with E-state index in [0.29, 0.717) is 18.3 Å². The van der Waals surface area contributed by atoms with Crippen molar-refractivity contribution in [1.82, 2.24) is 0 Å². The fourth-order valence-electron chi connectivity index (χ4n) is 5.29. The van der Waals surface area contributed by atoms with Crippen molar-refractivity contribution in [3.8, 4) is 6.07 Å². The van der Waals surface area contributed by atoms with Crippen molar-refractivity contribution in [2.45, 2.75) is 83.0 Å². The van der Waals surface area contributed by atoms with Gasteiger partial charge in [0.25, 0.3) is 0 Å². The summed E-state index contributed by atoms with van der Waals surface area (Å²) in [6.45, 7) is 0. The normalized spacial score (nSPS) is 28.7. The number of nitriles is 1. The summed E-state index contributed by atoms with van der Waals surface area (Å²) in [5, 5.41) is 8.45. The predicted octanol–water partition coefficient (Wildman–Crippen LogP) is 7.84. The van der Waals surface area contributed by atoms with Crippen LogP contribution < -0.4 is 0 Å². The molecule has 0 unspecified atom stereocenters. The quantitative estimate of drug-likeness (QED) is 0.438. The summed E-state index contributed by atoms with van der Waals surface area (Å²) in [7, 11) is 0. The van der Waals surface area contributed by atoms with Crippen LogP contribution in [0.1, 0.15) is 88.5 Å². The molecule has 28 heavy (non-hydrogen) atoms. The van der Waals surface area contributed by atoms with Crippen molar-refractivity contribution < 1.29 is 8.78 Å². The molecule has 0 heterocycles. The lowest BCUT2D eigenvalue weighted by Crippen LogP contribution is -2.17. The van der Waals surface area contributed by atoms with E-state index >= 15 is 0 Å². The number of halogens is 2. The third-order valence-electron chi connectivity index (χ3n) is 7.14. The first-order chi connectivity index (χ1) is 13.6. The lowest BCUT2D eigenvalue weighted by molar-refractivity contribution is 0.225. The Balaban J connectivity index is 1.30. The van der Waals surface area contributed by atoms with Crippen LogP contribution >= 0.6 is 0 Å². The molecule has 152 valence electrons. The molecule has 2 fully saturated rings. The summed E-state index contributed by atoms with van der Waals surface area (Å²) in [6.07, 6.45) is 16.2. The van der Waals surface area contributed by atoms with E-state index in [2.05, 4.69) is 0 Å². The van der Waals surface area contributed by atoms with Crippen LogP contribution in [0, 0.1) is 34.9 Å². The zero-order valence-electron chi connectivity index (χ0n) is 16.9. The van der Waals surface area contributed by atoms with Crippen LogP contribution in [0.25, 0.3) is 0 Å². The Hall–Kier alpha value is -1.69. The van der Waals surface area contributed by atoms with Crippen molar-refractivity contribution in [1.29, 1.82) is 5.26 Å². The summed E-state index contributed by atoms with van der Waals surface area (Å²) >= 11 is 0. The summed E-state index contributed by atoms with van der Waals surface area (Å²) < 4.78 is 25.9. The number of hydrogen-bond donors (Lipinski definition) is 0. The second-order valence-electron chi connectivity index (χ2n) is 8.97. The SMILES string of the molecule is N#C/C(F)=C/CC[C@H]1CC[C@H](CC[C@H]2CC[C@H](c3ccc(F)cc3)CC2)CC1. The molecule has 2 aliphatic carbocycles. The summed E-state index contributed by atoms with van der Waals surface area (Å²) in [6, 6.07) is 8.66. The van der Waals surface area contributed by atoms with Gasteiger partial charge in [-0.25, -0.2) is 4.39 Å². The zero-order chi connectivity index (χ0) is 19.8. The molecule has 2 aliphatic rings. The van der Waals surface area contributed by atoms with Crippen LogP contribution in [-0.2, 0) is 0 Å². The van der Waals surface area contributed by atoms with Gasteiger partial charge in [-0.05, 0) is 86.0 Å². The minimum Gasteiger partial charge on any atom is -0.207 e. The largest absolute Gasteiger partial charge is 0.207 e. The second kappa shape index (κ2) is 10.7. The van der Waals surface area contributed by atoms with Gasteiger partial charge in [0.1, 0.15) is 11.9 Å². The van der Waals surface area contributed by atoms with Crippen molar-refractivity contribution in [3.63, 3.8) is 0 Å². The van der Waals surface area contributed by atoms with Gasteiger partial charge in [0.05, 0.1) is 0 Å². The third kappa shape index (κ3) is 6.43. The Morgan fingerprint density at radius 1 is 0.857 bits per heavy atom. The minimum absolute atomic E-state index is 0.141. The lowest BCUT2D eigenvalue weighted by Gasteiger charge is -2.32. The highest BCUT2D eigenvalue weighted by atomic mass is 19.1. The van der Waals surface area contributed by atoms with Gasteiger partial charge in [-0.15, -0.1) is 0 Å². The van der Waals surface area contributed by atoms with Crippen LogP contribution in [-0.4, -0.2) is 0 Å². The molecule has 2 saturated carbocycles. The van der Waals surface area contributed by atoms with E-state index in [4.69, 9.17) is 5.26 Å². The summed E-state index contributed by atoms with van der Waals surface area (Å²) in [4.78, 5) is 0. The van der Waals surface area contributed by atoms with Gasteiger partial charge < -0.3 is 0 Å². The molecule has 0 atom stereocenters. The monoisotopic (exact) mass is 385 g/mol. The Morgan fingerprint density at radius 2 is 1.36 bits per heavy atom. The number of hydrogen-bond acceptors (Lipinski definition) is 1. The molecule has 0 aliphatic heterocycles. The van der Waals surface area contributed by atoms with E-state index < -0.39 is 5.83 Å². The maximum atomic E-state index is 13.1. The zero-order valence-corrected chi connectivity index (χ0v) is 16.9. The van der Waals surface area contributed by atoms with Crippen molar-refractivity contribution in [2.24, 2.45) is 17.8 Å². The Bertz CT molecular complexity index is 657. The molecule has 1 nitrogen and oxygen atoms in total. The Kier molecular flexibility index (Phi) is 8.07. The number of allylic oxidation sites excluding steroid dienone is 2. The smallest absolute Gasteiger partial charge is 0.196 e. The van der Waals surface area contributed by atoms with E-state index in [1.807, 2.05) is 12.1 Å². The number of rotatable bonds is 7. The van der Waals surface area contributed by atoms with Gasteiger partial charge in [-0.3, -0.25) is 0 Å². The molecule has 0 radical (unpaired) electrons. The topological polar surface area (TPSA) is 23.8 Å². The summed E-state index contributed by atoms with van der Waals surface area (Å²) in [5.74, 6) is 2.30. The molecular weight excluding hydrogens is 352 g/mol. The minimum atomic E-state index is -0.636. The standard InChI is InChI=1S/C25H33F2N/c26-24-16-14-23(15-17-24)22-12-10-21(11-13-22)9-8-20-6-4-19(5-7-20)2-1-3-25(27)18-28/h3,14-17,19-22H,1-2,4-13H2/b25-3-/t19-,20-,21-,22-. The second-order valence-corrected chi connectivity index (χ2v) is 8.97. The van der Waals surface area contributed by atoms with E-state index in [-0.39, 0.29) is 5.82 Å². The molecule has 0 bridgehead atoms. The highest BCUT2D eigenvalue weighted by molar-refractivity contribution is 5.20. The third-order valence-corrected chi connectivity index (χ3v) is 7.14. The van der Waals surface area contributed by atoms with E-state index in [1.165, 1.54) is 75.8 Å². The van der Waals surface area contributed by atoms with Crippen LogP contribution in [0.15, 0.2) is 36.2 Å². The fraction of sp³-hybridized carbons (Fsp3) is 0.640. The first kappa shape index (κ1) is 21.0. The molecule has 1 aromatic rings. The van der Waals surface area contributed by atoms with Gasteiger partial charge in [0.15, 0.2) is 5.83 Å². The van der Waals surface area contributed by atoms with Gasteiger partial charge in [0.2, 0.25) is 0 Å². The first-order valence-corrected chi connectivity index (χ1v) is 11.1. The molecule has 3 rings (SSSR count). The summed E-state index contributed by atoms with van der Waals surface area (Å²) in [5.41, 5.74) is 1.31. The molecule has 0 spiro atoms. The van der Waals surface area contributed by atoms with Crippen molar-refractivity contribution in [2.75, 3.05) is 0 Å². The maximum absolute atomic E-state index is 13.1. The van der Waals surface area contributed by atoms with Crippen LogP contribution in [0.2, 0.25) is 0 Å². The molecule has 0 amide bonds. The van der Waals surface area contributed by atoms with Gasteiger partial charge >= 0.3 is 0 Å². The fourth-order valence-corrected chi connectivity index (χ4v) is 5.29. The highest BCUT2D eigenvalue weighted by Crippen LogP contribution is 2.40. The Labute approximate surface area is 168 Å². The molecular formula is C25H33F2N. The van der Waals surface area contributed by atoms with E-state index in [9.17, 15) is 8.78 Å². The predicted molar refractivity (Wildman–Crippen MR) is 110 cm³/mol. The molecule has 3 heteroatoms. The highest BCUT2D eigenvalue weighted by Gasteiger charge is 2.25. The van der Waals surface area contributed by atoms with Crippen molar-refractivity contribution >= 4 is 0 Å².